The molecule has 2 fully saturated rings. The van der Waals surface area contributed by atoms with Crippen molar-refractivity contribution in [3.8, 4) is 11.6 Å². The molecule has 1 unspecified atom stereocenters. The summed E-state index contributed by atoms with van der Waals surface area (Å²) in [5.41, 5.74) is 0.746. The van der Waals surface area contributed by atoms with Gasteiger partial charge in [0.2, 0.25) is 5.88 Å². The number of carbonyl (C=O) groups excluding carboxylic acids is 1. The molecule has 0 radical (unpaired) electrons. The molecule has 1 aromatic carbocycles. The van der Waals surface area contributed by atoms with E-state index in [-0.39, 0.29) is 35.5 Å². The Balaban J connectivity index is 1.41. The lowest BCUT2D eigenvalue weighted by Gasteiger charge is -2.29. The second kappa shape index (κ2) is 7.20. The van der Waals surface area contributed by atoms with Crippen molar-refractivity contribution >= 4 is 17.4 Å². The summed E-state index contributed by atoms with van der Waals surface area (Å²) in [6.45, 7) is 0. The minimum atomic E-state index is -0.469. The number of fused-ring (bicyclic) bond motifs is 2. The fraction of sp³-hybridized carbons (Fsp3) is 0.300. The number of pyridine rings is 1. The molecule has 2 bridgehead atoms. The topological polar surface area (TPSA) is 81.9 Å². The van der Waals surface area contributed by atoms with E-state index in [1.165, 1.54) is 41.6 Å². The Kier molecular flexibility index (Phi) is 4.52. The third-order valence-corrected chi connectivity index (χ3v) is 5.77. The normalized spacial score (nSPS) is 25.3. The first-order valence-corrected chi connectivity index (χ1v) is 9.71. The largest absolute Gasteiger partial charge is 0.458 e. The first kappa shape index (κ1) is 18.2. The summed E-state index contributed by atoms with van der Waals surface area (Å²) in [5, 5.41) is 12.1. The molecular formula is C20H17ClFN5O2. The van der Waals surface area contributed by atoms with Gasteiger partial charge in [0.15, 0.2) is 12.0 Å². The van der Waals surface area contributed by atoms with Gasteiger partial charge in [-0.3, -0.25) is 10.1 Å². The highest BCUT2D eigenvalue weighted by molar-refractivity contribution is 6.30. The Labute approximate surface area is 170 Å². The Bertz CT molecular complexity index is 1040. The van der Waals surface area contributed by atoms with Gasteiger partial charge in [-0.25, -0.2) is 9.37 Å². The smallest absolute Gasteiger partial charge is 0.214 e. The van der Waals surface area contributed by atoms with E-state index < -0.39 is 5.82 Å². The van der Waals surface area contributed by atoms with Gasteiger partial charge in [0, 0.05) is 35.7 Å². The van der Waals surface area contributed by atoms with E-state index in [0.29, 0.717) is 23.0 Å². The van der Waals surface area contributed by atoms with Crippen LogP contribution in [0.1, 0.15) is 23.2 Å². The fourth-order valence-electron chi connectivity index (χ4n) is 4.30. The molecule has 7 nitrogen and oxygen atoms in total. The number of aromatic nitrogens is 4. The summed E-state index contributed by atoms with van der Waals surface area (Å²) in [6, 6.07) is 7.66. The maximum Gasteiger partial charge on any atom is 0.214 e. The predicted molar refractivity (Wildman–Crippen MR) is 102 cm³/mol. The standard InChI is InChI=1S/C20H17ClFN5O2/c21-11-1-4-18(23-10-11)29-20-15-9-13(26-20)8-14(15)19(28)16-7-12(22)2-3-17(16)27-24-5-6-25-27/h1-7,10,13-15,20,26H,8-9H2/t13-,14?,15-,20+/m0/s1. The zero-order chi connectivity index (χ0) is 20.0. The van der Waals surface area contributed by atoms with Crippen LogP contribution in [0.15, 0.2) is 48.9 Å². The van der Waals surface area contributed by atoms with Gasteiger partial charge in [0.25, 0.3) is 0 Å². The zero-order valence-electron chi connectivity index (χ0n) is 15.2. The van der Waals surface area contributed by atoms with Gasteiger partial charge in [-0.1, -0.05) is 11.6 Å². The van der Waals surface area contributed by atoms with Crippen LogP contribution in [0.2, 0.25) is 5.02 Å². The number of ether oxygens (including phenoxy) is 1. The number of Topliss-reactive ketones (excluding diaryl/α,β-unsaturated/α-hetero) is 1. The van der Waals surface area contributed by atoms with E-state index in [2.05, 4.69) is 20.5 Å². The number of halogens is 2. The Morgan fingerprint density at radius 2 is 2.03 bits per heavy atom. The monoisotopic (exact) mass is 413 g/mol. The molecule has 1 saturated heterocycles. The molecule has 0 amide bonds. The number of ketones is 1. The van der Waals surface area contributed by atoms with Crippen molar-refractivity contribution in [3.63, 3.8) is 0 Å². The summed E-state index contributed by atoms with van der Waals surface area (Å²) >= 11 is 5.87. The van der Waals surface area contributed by atoms with E-state index in [4.69, 9.17) is 16.3 Å². The quantitative estimate of drug-likeness (QED) is 0.647. The van der Waals surface area contributed by atoms with Crippen LogP contribution in [0, 0.1) is 17.7 Å². The van der Waals surface area contributed by atoms with Gasteiger partial charge in [-0.15, -0.1) is 0 Å². The van der Waals surface area contributed by atoms with Crippen molar-refractivity contribution in [3.05, 3.63) is 65.3 Å². The number of carbonyl (C=O) groups is 1. The number of nitrogens with zero attached hydrogens (tertiary/aromatic N) is 4. The van der Waals surface area contributed by atoms with Crippen molar-refractivity contribution in [2.45, 2.75) is 25.1 Å². The van der Waals surface area contributed by atoms with Crippen molar-refractivity contribution in [2.24, 2.45) is 11.8 Å². The van der Waals surface area contributed by atoms with Crippen molar-refractivity contribution in [1.82, 2.24) is 25.3 Å². The molecule has 29 heavy (non-hydrogen) atoms. The molecule has 148 valence electrons. The molecule has 1 aliphatic carbocycles. The molecule has 1 saturated carbocycles. The molecule has 3 aromatic rings. The summed E-state index contributed by atoms with van der Waals surface area (Å²) < 4.78 is 19.9. The van der Waals surface area contributed by atoms with Crippen molar-refractivity contribution in [1.29, 1.82) is 0 Å². The van der Waals surface area contributed by atoms with E-state index in [1.807, 2.05) is 0 Å². The maximum atomic E-state index is 14.0. The Morgan fingerprint density at radius 1 is 1.21 bits per heavy atom. The fourth-order valence-corrected chi connectivity index (χ4v) is 4.41. The third-order valence-electron chi connectivity index (χ3n) is 5.54. The highest BCUT2D eigenvalue weighted by atomic mass is 35.5. The van der Waals surface area contributed by atoms with Gasteiger partial charge in [-0.2, -0.15) is 15.0 Å². The van der Waals surface area contributed by atoms with Crippen LogP contribution < -0.4 is 10.1 Å². The van der Waals surface area contributed by atoms with Gasteiger partial charge in [0.05, 0.1) is 23.1 Å². The Morgan fingerprint density at radius 3 is 2.76 bits per heavy atom. The predicted octanol–water partition coefficient (Wildman–Crippen LogP) is 3.04. The maximum absolute atomic E-state index is 14.0. The minimum Gasteiger partial charge on any atom is -0.458 e. The van der Waals surface area contributed by atoms with Crippen LogP contribution in [-0.4, -0.2) is 38.0 Å². The third kappa shape index (κ3) is 3.38. The average Bonchev–Trinajstić information content (AvgIpc) is 3.46. The lowest BCUT2D eigenvalue weighted by atomic mass is 9.86. The summed E-state index contributed by atoms with van der Waals surface area (Å²) in [4.78, 5) is 18.9. The zero-order valence-corrected chi connectivity index (χ0v) is 16.0. The van der Waals surface area contributed by atoms with E-state index in [1.54, 1.807) is 12.1 Å². The minimum absolute atomic E-state index is 0.0355. The molecule has 1 aliphatic heterocycles. The van der Waals surface area contributed by atoms with E-state index >= 15 is 0 Å². The SMILES string of the molecule is O=C(c1cc(F)ccc1-n1nccn1)C1C[C@H]2C[C@@H]1[C@@H](Oc1ccc(Cl)cn1)N2. The first-order valence-electron chi connectivity index (χ1n) is 9.33. The number of benzene rings is 1. The van der Waals surface area contributed by atoms with Gasteiger partial charge < -0.3 is 4.74 Å². The number of piperidine rings is 1. The number of rotatable bonds is 5. The number of hydrogen-bond donors (Lipinski definition) is 1. The van der Waals surface area contributed by atoms with E-state index in [9.17, 15) is 9.18 Å². The lowest BCUT2D eigenvalue weighted by Crippen LogP contribution is -2.45. The highest BCUT2D eigenvalue weighted by Gasteiger charge is 2.50. The molecule has 5 rings (SSSR count). The van der Waals surface area contributed by atoms with E-state index in [0.717, 1.165) is 6.42 Å². The van der Waals surface area contributed by atoms with Crippen LogP contribution in [0.4, 0.5) is 4.39 Å². The molecule has 0 spiro atoms. The van der Waals surface area contributed by atoms with Crippen molar-refractivity contribution in [2.75, 3.05) is 0 Å². The molecule has 2 aliphatic rings. The van der Waals surface area contributed by atoms with Crippen LogP contribution in [-0.2, 0) is 0 Å². The van der Waals surface area contributed by atoms with Gasteiger partial charge in [0.1, 0.15) is 5.82 Å². The molecule has 3 heterocycles. The van der Waals surface area contributed by atoms with Gasteiger partial charge >= 0.3 is 0 Å². The highest BCUT2D eigenvalue weighted by Crippen LogP contribution is 2.43. The Hall–Kier alpha value is -2.84. The molecule has 4 atom stereocenters. The second-order valence-electron chi connectivity index (χ2n) is 7.30. The van der Waals surface area contributed by atoms with Crippen molar-refractivity contribution < 1.29 is 13.9 Å². The molecule has 9 heteroatoms. The summed E-state index contributed by atoms with van der Waals surface area (Å²) in [5.74, 6) is -0.466. The number of nitrogens with one attached hydrogen (secondary N) is 1. The average molecular weight is 414 g/mol. The summed E-state index contributed by atoms with van der Waals surface area (Å²) in [7, 11) is 0. The lowest BCUT2D eigenvalue weighted by molar-refractivity contribution is 0.0611. The molecular weight excluding hydrogens is 397 g/mol. The van der Waals surface area contributed by atoms with Crippen LogP contribution in [0.25, 0.3) is 5.69 Å². The van der Waals surface area contributed by atoms with Crippen LogP contribution in [0.3, 0.4) is 0 Å². The first-order chi connectivity index (χ1) is 14.1. The molecule has 2 aromatic heterocycles. The van der Waals surface area contributed by atoms with Crippen LogP contribution >= 0.6 is 11.6 Å². The molecule has 1 N–H and O–H groups in total. The van der Waals surface area contributed by atoms with Crippen LogP contribution in [0.5, 0.6) is 5.88 Å². The number of hydrogen-bond acceptors (Lipinski definition) is 6. The second-order valence-corrected chi connectivity index (χ2v) is 7.74. The van der Waals surface area contributed by atoms with Gasteiger partial charge in [-0.05, 0) is 37.1 Å². The summed E-state index contributed by atoms with van der Waals surface area (Å²) in [6.07, 6.45) is 5.71.